The second-order valence-electron chi connectivity index (χ2n) is 29.4. The van der Waals surface area contributed by atoms with Gasteiger partial charge < -0.3 is 55.1 Å². The number of aryl methyl sites for hydroxylation is 1. The normalized spacial score (nSPS) is 23.7. The molecule has 4 saturated carbocycles. The fourth-order valence-corrected chi connectivity index (χ4v) is 18.4. The molecule has 4 aliphatic carbocycles. The first-order chi connectivity index (χ1) is 45.3. The maximum atomic E-state index is 14.2. The molecule has 95 heavy (non-hydrogen) atoms. The van der Waals surface area contributed by atoms with Crippen molar-refractivity contribution >= 4 is 79.2 Å². The minimum Gasteiger partial charge on any atom is -0.476 e. The molecule has 3 amide bonds. The Morgan fingerprint density at radius 3 is 2.31 bits per heavy atom. The van der Waals surface area contributed by atoms with Crippen LogP contribution in [0.3, 0.4) is 0 Å². The lowest BCUT2D eigenvalue weighted by molar-refractivity contribution is -0.248. The fraction of sp³-hybridized carbons (Fsp3) is 0.549. The van der Waals surface area contributed by atoms with E-state index in [0.717, 1.165) is 117 Å². The number of carbonyl (C=O) groups is 4. The molecule has 7 heterocycles. The highest BCUT2D eigenvalue weighted by Crippen LogP contribution is 2.72. The number of aliphatic hydroxyl groups excluding tert-OH is 1. The number of anilines is 4. The number of carbonyl (C=O) groups excluding carboxylic acids is 3. The van der Waals surface area contributed by atoms with Crippen molar-refractivity contribution in [3.8, 4) is 21.6 Å². The first kappa shape index (κ1) is 67.7. The molecule has 0 spiro atoms. The zero-order valence-electron chi connectivity index (χ0n) is 56.4. The van der Waals surface area contributed by atoms with Crippen molar-refractivity contribution in [1.29, 1.82) is 0 Å². The van der Waals surface area contributed by atoms with Crippen molar-refractivity contribution < 1.29 is 43.6 Å². The number of ether oxygens (including phenoxy) is 3. The molecule has 2 unspecified atom stereocenters. The number of aliphatic hydroxyl groups is 1. The molecule has 4 bridgehead atoms. The van der Waals surface area contributed by atoms with E-state index >= 15 is 0 Å². The van der Waals surface area contributed by atoms with Gasteiger partial charge in [0.2, 0.25) is 17.7 Å². The Bertz CT molecular complexity index is 3920. The largest absolute Gasteiger partial charge is 0.476 e. The molecule has 1 saturated heterocycles. The summed E-state index contributed by atoms with van der Waals surface area (Å²) in [7, 11) is 2.08. The third kappa shape index (κ3) is 14.7. The summed E-state index contributed by atoms with van der Waals surface area (Å²) < 4.78 is 22.1. The number of benzene rings is 2. The molecule has 6 atom stereocenters. The Morgan fingerprint density at radius 2 is 1.59 bits per heavy atom. The van der Waals surface area contributed by atoms with Crippen LogP contribution in [0.25, 0.3) is 31.8 Å². The van der Waals surface area contributed by atoms with E-state index in [1.54, 1.807) is 28.9 Å². The lowest BCUT2D eigenvalue weighted by Gasteiger charge is -2.69. The number of nitrogens with zero attached hydrogens (tertiary/aromatic N) is 10. The molecule has 2 aliphatic heterocycles. The molecule has 506 valence electrons. The third-order valence-corrected chi connectivity index (χ3v) is 22.1. The smallest absolute Gasteiger partial charge is 0.355 e. The van der Waals surface area contributed by atoms with Gasteiger partial charge in [-0.2, -0.15) is 5.10 Å². The summed E-state index contributed by atoms with van der Waals surface area (Å²) in [6.45, 7) is 23.1. The quantitative estimate of drug-likeness (QED) is 0.0316. The number of amides is 3. The first-order valence-electron chi connectivity index (χ1n) is 33.4. The summed E-state index contributed by atoms with van der Waals surface area (Å²) in [5.74, 6) is -0.409. The van der Waals surface area contributed by atoms with Crippen molar-refractivity contribution in [2.24, 2.45) is 21.7 Å². The number of likely N-dealkylation sites (tertiary alicyclic amines) is 1. The topological polar surface area (TPSA) is 265 Å². The number of carboxylic acid groups (broad SMARTS) is 1. The average Bonchev–Trinajstić information content (AvgIpc) is 1.22. The van der Waals surface area contributed by atoms with Crippen molar-refractivity contribution in [2.75, 3.05) is 76.5 Å². The molecule has 2 aromatic carbocycles. The highest BCUT2D eigenvalue weighted by atomic mass is 32.1. The van der Waals surface area contributed by atoms with Crippen LogP contribution in [0.2, 0.25) is 0 Å². The zero-order chi connectivity index (χ0) is 67.2. The monoisotopic (exact) mass is 1330 g/mol. The number of pyridine rings is 1. The Hall–Kier alpha value is -7.32. The maximum absolute atomic E-state index is 14.2. The maximum Gasteiger partial charge on any atom is 0.355 e. The highest BCUT2D eigenvalue weighted by molar-refractivity contribution is 7.22. The van der Waals surface area contributed by atoms with Gasteiger partial charge in [0.15, 0.2) is 22.5 Å². The van der Waals surface area contributed by atoms with Crippen LogP contribution in [-0.2, 0) is 41.6 Å². The molecule has 13 rings (SSSR count). The van der Waals surface area contributed by atoms with Crippen molar-refractivity contribution in [3.63, 3.8) is 0 Å². The van der Waals surface area contributed by atoms with Gasteiger partial charge in [-0.3, -0.25) is 19.1 Å². The Balaban J connectivity index is 0.587. The standard InChI is InChI=1S/C71H91N13O9S2/c1-43-50-14-13-24-82(62(50)80-79-61(43)78-66-75-53-15-11-12-16-55(53)95-66)56-22-21-51(58(76-56)65(89)90)52-33-73-84(46(52)4)41-70-36-68(8)35-69(9,37-70)39-71(38-68,40-70)93-29-26-81(10)25-28-92-31-30-91-27-23-57(86)77-60(67(5,6)7)64(88)83-34-49(85)32-54(83)63(87)74-44(2)47-17-19-48(20-18-47)59-45(3)72-42-94-59/h11-12,15-22,33,42,44,49,54,60,85H,13-14,23-32,34-41H2,1-10H3,(H,74,87)(H,77,86)(H,89,90)(H,75,78,79)/t44-,49+,54-,60+,68?,69?,70?,71?/m0/s1. The number of para-hydroxylation sites is 1. The minimum atomic E-state index is -1.11. The van der Waals surface area contributed by atoms with Crippen LogP contribution >= 0.6 is 22.7 Å². The molecular weight excluding hydrogens is 1240 g/mol. The number of nitrogens with one attached hydrogen (secondary N) is 3. The van der Waals surface area contributed by atoms with E-state index in [0.29, 0.717) is 62.5 Å². The number of hydrogen-bond donors (Lipinski definition) is 5. The summed E-state index contributed by atoms with van der Waals surface area (Å²) in [6.07, 6.45) is 9.02. The number of carboxylic acids is 1. The third-order valence-electron chi connectivity index (χ3n) is 20.2. The molecule has 7 aromatic rings. The van der Waals surface area contributed by atoms with Crippen LogP contribution in [-0.4, -0.2) is 169 Å². The van der Waals surface area contributed by atoms with Crippen LogP contribution in [0.5, 0.6) is 0 Å². The van der Waals surface area contributed by atoms with Gasteiger partial charge in [-0.1, -0.05) is 82.4 Å². The van der Waals surface area contributed by atoms with Crippen LogP contribution in [0.1, 0.15) is 144 Å². The number of aromatic carboxylic acids is 1. The van der Waals surface area contributed by atoms with Gasteiger partial charge in [0.1, 0.15) is 17.9 Å². The second kappa shape index (κ2) is 27.3. The van der Waals surface area contributed by atoms with Gasteiger partial charge in [0.25, 0.3) is 0 Å². The SMILES string of the molecule is Cc1ncsc1-c1ccc([C@H](C)NC(=O)[C@@H]2C[C@@H](O)CN2C(=O)[C@@H](NC(=O)CCOCCOCCN(C)CCOC23CC4(C)CC(C)(CC(Cn5ncc(-c6ccc(N7CCCc8c7nnc(Nc7nc9ccccc9s7)c8C)nc6C(=O)O)c5C)(C4)C2)C3)C(C)(C)C)cc1. The lowest BCUT2D eigenvalue weighted by atomic mass is 9.39. The average molecular weight is 1330 g/mol. The summed E-state index contributed by atoms with van der Waals surface area (Å²) in [5, 5.41) is 45.9. The van der Waals surface area contributed by atoms with Gasteiger partial charge in [-0.25, -0.2) is 19.7 Å². The number of fused-ring (bicyclic) bond motifs is 2. The van der Waals surface area contributed by atoms with Crippen molar-refractivity contribution in [3.05, 3.63) is 106 Å². The lowest BCUT2D eigenvalue weighted by Crippen LogP contribution is -2.64. The fourth-order valence-electron chi connectivity index (χ4n) is 16.8. The van der Waals surface area contributed by atoms with E-state index in [4.69, 9.17) is 34.4 Å². The minimum absolute atomic E-state index is 0.0125. The van der Waals surface area contributed by atoms with E-state index in [1.165, 1.54) is 11.3 Å². The van der Waals surface area contributed by atoms with Crippen LogP contribution in [0, 0.1) is 42.4 Å². The Morgan fingerprint density at radius 1 is 0.853 bits per heavy atom. The number of rotatable bonds is 26. The van der Waals surface area contributed by atoms with Gasteiger partial charge in [-0.15, -0.1) is 21.5 Å². The second-order valence-corrected chi connectivity index (χ2v) is 31.3. The molecule has 5 aromatic heterocycles. The van der Waals surface area contributed by atoms with Crippen molar-refractivity contribution in [2.45, 2.75) is 163 Å². The van der Waals surface area contributed by atoms with Gasteiger partial charge in [0.05, 0.1) is 83.3 Å². The van der Waals surface area contributed by atoms with E-state index in [2.05, 4.69) is 56.5 Å². The van der Waals surface area contributed by atoms with E-state index in [1.807, 2.05) is 120 Å². The molecule has 6 aliphatic rings. The van der Waals surface area contributed by atoms with E-state index < -0.39 is 35.5 Å². The Kier molecular flexibility index (Phi) is 19.4. The predicted octanol–water partition coefficient (Wildman–Crippen LogP) is 10.8. The van der Waals surface area contributed by atoms with Crippen LogP contribution in [0.4, 0.5) is 22.6 Å². The summed E-state index contributed by atoms with van der Waals surface area (Å²) in [5.41, 5.74) is 9.07. The molecule has 5 fully saturated rings. The molecular formula is C71H91N13O9S2. The van der Waals surface area contributed by atoms with Crippen LogP contribution in [0.15, 0.2) is 72.4 Å². The zero-order valence-corrected chi connectivity index (χ0v) is 58.1. The van der Waals surface area contributed by atoms with Crippen molar-refractivity contribution in [1.82, 2.24) is 55.4 Å². The molecule has 5 N–H and O–H groups in total. The van der Waals surface area contributed by atoms with E-state index in [9.17, 15) is 29.4 Å². The highest BCUT2D eigenvalue weighted by Gasteiger charge is 2.66. The van der Waals surface area contributed by atoms with Gasteiger partial charge >= 0.3 is 5.97 Å². The molecule has 0 radical (unpaired) electrons. The number of thiazole rings is 2. The first-order valence-corrected chi connectivity index (χ1v) is 35.1. The van der Waals surface area contributed by atoms with Crippen LogP contribution < -0.4 is 20.9 Å². The number of hydrogen-bond acceptors (Lipinski definition) is 19. The van der Waals surface area contributed by atoms with E-state index in [-0.39, 0.29) is 71.4 Å². The summed E-state index contributed by atoms with van der Waals surface area (Å²) >= 11 is 3.14. The van der Waals surface area contributed by atoms with Gasteiger partial charge in [-0.05, 0) is 143 Å². The van der Waals surface area contributed by atoms with Gasteiger partial charge in [0, 0.05) is 73.5 Å². The predicted molar refractivity (Wildman–Crippen MR) is 367 cm³/mol. The molecule has 24 heteroatoms. The number of β-amino-alcohol motifs (C(OH)–C–C–N with tert-alkyl or cyclic N) is 1. The molecule has 22 nitrogen and oxygen atoms in total. The Labute approximate surface area is 564 Å². The number of aromatic nitrogens is 7. The number of likely N-dealkylation sites (N-methyl/N-ethyl adjacent to an activating group) is 1. The summed E-state index contributed by atoms with van der Waals surface area (Å²) in [6, 6.07) is 17.5. The summed E-state index contributed by atoms with van der Waals surface area (Å²) in [4.78, 5) is 75.1.